The standard InChI is InChI=1S/C17H25N3O2/c21-17(18-8-5-11-20-9-3-4-10-20)19-15-12-14-6-1-2-7-16(14)22-13-15/h1-2,6-7,15H,3-5,8-13H2,(H2,18,19,21). The van der Waals surface area contributed by atoms with E-state index in [-0.39, 0.29) is 12.1 Å². The summed E-state index contributed by atoms with van der Waals surface area (Å²) in [4.78, 5) is 14.4. The monoisotopic (exact) mass is 303 g/mol. The van der Waals surface area contributed by atoms with Gasteiger partial charge in [-0.15, -0.1) is 0 Å². The van der Waals surface area contributed by atoms with Crippen molar-refractivity contribution in [1.29, 1.82) is 0 Å². The second-order valence-electron chi connectivity index (χ2n) is 6.12. The fraction of sp³-hybridized carbons (Fsp3) is 0.588. The zero-order valence-electron chi connectivity index (χ0n) is 13.0. The number of likely N-dealkylation sites (tertiary alicyclic amines) is 1. The smallest absolute Gasteiger partial charge is 0.315 e. The first-order chi connectivity index (χ1) is 10.8. The molecule has 120 valence electrons. The lowest BCUT2D eigenvalue weighted by Gasteiger charge is -2.26. The van der Waals surface area contributed by atoms with Crippen molar-refractivity contribution in [2.24, 2.45) is 0 Å². The fourth-order valence-corrected chi connectivity index (χ4v) is 3.17. The van der Waals surface area contributed by atoms with Crippen LogP contribution in [0.15, 0.2) is 24.3 Å². The van der Waals surface area contributed by atoms with Crippen LogP contribution in [-0.2, 0) is 6.42 Å². The lowest BCUT2D eigenvalue weighted by Crippen LogP contribution is -2.47. The summed E-state index contributed by atoms with van der Waals surface area (Å²) in [5.41, 5.74) is 1.16. The molecule has 1 saturated heterocycles. The number of hydrogen-bond donors (Lipinski definition) is 2. The van der Waals surface area contributed by atoms with Gasteiger partial charge >= 0.3 is 6.03 Å². The van der Waals surface area contributed by atoms with Crippen LogP contribution in [0.2, 0.25) is 0 Å². The maximum absolute atomic E-state index is 11.9. The van der Waals surface area contributed by atoms with Gasteiger partial charge in [0.1, 0.15) is 12.4 Å². The predicted molar refractivity (Wildman–Crippen MR) is 86.3 cm³/mol. The molecule has 1 aromatic carbocycles. The Morgan fingerprint density at radius 1 is 1.27 bits per heavy atom. The number of benzene rings is 1. The third-order valence-corrected chi connectivity index (χ3v) is 4.35. The SMILES string of the molecule is O=C(NCCCN1CCCC1)NC1COc2ccccc2C1. The van der Waals surface area contributed by atoms with E-state index in [4.69, 9.17) is 4.74 Å². The van der Waals surface area contributed by atoms with E-state index in [9.17, 15) is 4.79 Å². The minimum absolute atomic E-state index is 0.0495. The Kier molecular flexibility index (Phi) is 5.16. The number of amides is 2. The predicted octanol–water partition coefficient (Wildman–Crippen LogP) is 1.78. The fourth-order valence-electron chi connectivity index (χ4n) is 3.17. The number of fused-ring (bicyclic) bond motifs is 1. The maximum atomic E-state index is 11.9. The summed E-state index contributed by atoms with van der Waals surface area (Å²) in [6.45, 7) is 4.78. The average Bonchev–Trinajstić information content (AvgIpc) is 3.05. The minimum atomic E-state index is -0.0885. The highest BCUT2D eigenvalue weighted by atomic mass is 16.5. The number of para-hydroxylation sites is 1. The maximum Gasteiger partial charge on any atom is 0.315 e. The first-order valence-electron chi connectivity index (χ1n) is 8.29. The van der Waals surface area contributed by atoms with Crippen molar-refractivity contribution in [2.45, 2.75) is 31.7 Å². The Balaban J connectivity index is 1.34. The Morgan fingerprint density at radius 3 is 2.95 bits per heavy atom. The molecule has 0 spiro atoms. The molecule has 0 aliphatic carbocycles. The minimum Gasteiger partial charge on any atom is -0.491 e. The van der Waals surface area contributed by atoms with Gasteiger partial charge in [-0.25, -0.2) is 4.79 Å². The molecule has 22 heavy (non-hydrogen) atoms. The summed E-state index contributed by atoms with van der Waals surface area (Å²) in [5.74, 6) is 0.937. The molecule has 0 saturated carbocycles. The number of rotatable bonds is 5. The zero-order chi connectivity index (χ0) is 15.2. The van der Waals surface area contributed by atoms with Gasteiger partial charge < -0.3 is 20.3 Å². The van der Waals surface area contributed by atoms with Crippen LogP contribution in [0.5, 0.6) is 5.75 Å². The van der Waals surface area contributed by atoms with Gasteiger partial charge in [0.2, 0.25) is 0 Å². The van der Waals surface area contributed by atoms with Gasteiger partial charge in [-0.05, 0) is 56.9 Å². The Bertz CT molecular complexity index is 500. The zero-order valence-corrected chi connectivity index (χ0v) is 13.0. The van der Waals surface area contributed by atoms with Crippen molar-refractivity contribution in [1.82, 2.24) is 15.5 Å². The van der Waals surface area contributed by atoms with Crippen LogP contribution < -0.4 is 15.4 Å². The third-order valence-electron chi connectivity index (χ3n) is 4.35. The van der Waals surface area contributed by atoms with Crippen molar-refractivity contribution < 1.29 is 9.53 Å². The average molecular weight is 303 g/mol. The van der Waals surface area contributed by atoms with E-state index >= 15 is 0 Å². The van der Waals surface area contributed by atoms with Crippen molar-refractivity contribution in [3.05, 3.63) is 29.8 Å². The quantitative estimate of drug-likeness (QED) is 0.815. The number of nitrogens with one attached hydrogen (secondary N) is 2. The molecule has 1 unspecified atom stereocenters. The van der Waals surface area contributed by atoms with Crippen LogP contribution in [0.25, 0.3) is 0 Å². The van der Waals surface area contributed by atoms with Crippen molar-refractivity contribution in [2.75, 3.05) is 32.8 Å². The molecule has 2 aliphatic rings. The van der Waals surface area contributed by atoms with Crippen LogP contribution in [0.4, 0.5) is 4.79 Å². The van der Waals surface area contributed by atoms with Gasteiger partial charge in [0.25, 0.3) is 0 Å². The number of nitrogens with zero attached hydrogens (tertiary/aromatic N) is 1. The Hall–Kier alpha value is -1.75. The number of ether oxygens (including phenoxy) is 1. The Labute approximate surface area is 132 Å². The van der Waals surface area contributed by atoms with Crippen LogP contribution in [0.3, 0.4) is 0 Å². The van der Waals surface area contributed by atoms with E-state index in [1.54, 1.807) is 0 Å². The van der Waals surface area contributed by atoms with E-state index in [0.29, 0.717) is 6.61 Å². The number of carbonyl (C=O) groups is 1. The molecule has 1 fully saturated rings. The molecule has 2 aliphatic heterocycles. The molecule has 0 aromatic heterocycles. The van der Waals surface area contributed by atoms with Gasteiger partial charge in [0.15, 0.2) is 0 Å². The van der Waals surface area contributed by atoms with Crippen LogP contribution in [-0.4, -0.2) is 49.8 Å². The van der Waals surface area contributed by atoms with Gasteiger partial charge in [-0.2, -0.15) is 0 Å². The summed E-state index contributed by atoms with van der Waals surface area (Å²) < 4.78 is 5.68. The van der Waals surface area contributed by atoms with Crippen LogP contribution in [0, 0.1) is 0 Å². The molecule has 1 aromatic rings. The van der Waals surface area contributed by atoms with E-state index in [0.717, 1.165) is 37.2 Å². The highest BCUT2D eigenvalue weighted by Crippen LogP contribution is 2.23. The van der Waals surface area contributed by atoms with Gasteiger partial charge in [0.05, 0.1) is 6.04 Å². The lowest BCUT2D eigenvalue weighted by molar-refractivity contribution is 0.214. The first-order valence-corrected chi connectivity index (χ1v) is 8.29. The van der Waals surface area contributed by atoms with E-state index < -0.39 is 0 Å². The van der Waals surface area contributed by atoms with E-state index in [1.165, 1.54) is 25.9 Å². The molecule has 2 N–H and O–H groups in total. The molecule has 2 amide bonds. The highest BCUT2D eigenvalue weighted by Gasteiger charge is 2.20. The van der Waals surface area contributed by atoms with Gasteiger partial charge in [0, 0.05) is 6.54 Å². The highest BCUT2D eigenvalue weighted by molar-refractivity contribution is 5.74. The van der Waals surface area contributed by atoms with Crippen molar-refractivity contribution in [3.8, 4) is 5.75 Å². The molecule has 0 bridgehead atoms. The Morgan fingerprint density at radius 2 is 2.09 bits per heavy atom. The molecule has 1 atom stereocenters. The molecule has 5 nitrogen and oxygen atoms in total. The van der Waals surface area contributed by atoms with Crippen molar-refractivity contribution >= 4 is 6.03 Å². The normalized spacial score (nSPS) is 21.0. The topological polar surface area (TPSA) is 53.6 Å². The molecular formula is C17H25N3O2. The second kappa shape index (κ2) is 7.49. The second-order valence-corrected chi connectivity index (χ2v) is 6.12. The largest absolute Gasteiger partial charge is 0.491 e. The lowest BCUT2D eigenvalue weighted by atomic mass is 10.0. The first kappa shape index (κ1) is 15.2. The molecule has 3 rings (SSSR count). The summed E-state index contributed by atoms with van der Waals surface area (Å²) >= 11 is 0. The summed E-state index contributed by atoms with van der Waals surface area (Å²) in [6, 6.07) is 7.96. The summed E-state index contributed by atoms with van der Waals surface area (Å²) in [6.07, 6.45) is 4.48. The third kappa shape index (κ3) is 4.13. The number of hydrogen-bond acceptors (Lipinski definition) is 3. The summed E-state index contributed by atoms with van der Waals surface area (Å²) in [7, 11) is 0. The van der Waals surface area contributed by atoms with Gasteiger partial charge in [-0.1, -0.05) is 18.2 Å². The van der Waals surface area contributed by atoms with Crippen molar-refractivity contribution in [3.63, 3.8) is 0 Å². The van der Waals surface area contributed by atoms with Crippen LogP contribution >= 0.6 is 0 Å². The number of urea groups is 1. The molecule has 2 heterocycles. The summed E-state index contributed by atoms with van der Waals surface area (Å²) in [5, 5.41) is 5.95. The molecular weight excluding hydrogens is 278 g/mol. The number of carbonyl (C=O) groups excluding carboxylic acids is 1. The van der Waals surface area contributed by atoms with Gasteiger partial charge in [-0.3, -0.25) is 0 Å². The van der Waals surface area contributed by atoms with E-state index in [1.807, 2.05) is 18.2 Å². The van der Waals surface area contributed by atoms with E-state index in [2.05, 4.69) is 21.6 Å². The molecule has 0 radical (unpaired) electrons. The molecule has 5 heteroatoms. The van der Waals surface area contributed by atoms with Crippen LogP contribution in [0.1, 0.15) is 24.8 Å².